The summed E-state index contributed by atoms with van der Waals surface area (Å²) in [5.41, 5.74) is 2.73. The lowest BCUT2D eigenvalue weighted by Gasteiger charge is -2.20. The molecular weight excluding hydrogens is 236 g/mol. The molecule has 0 radical (unpaired) electrons. The molecule has 0 bridgehead atoms. The number of rotatable bonds is 2. The Morgan fingerprint density at radius 1 is 1.11 bits per heavy atom. The van der Waals surface area contributed by atoms with Crippen LogP contribution < -0.4 is 10.1 Å². The third kappa shape index (κ3) is 3.48. The summed E-state index contributed by atoms with van der Waals surface area (Å²) in [6.07, 6.45) is 5.52. The number of nitrogens with one attached hydrogen (secondary N) is 1. The van der Waals surface area contributed by atoms with Crippen molar-refractivity contribution in [1.82, 2.24) is 10.2 Å². The highest BCUT2D eigenvalue weighted by molar-refractivity contribution is 5.37. The maximum absolute atomic E-state index is 5.74. The second-order valence-electron chi connectivity index (χ2n) is 5.66. The SMILES string of the molecule is c1cc2c(cc1CN1CCCCCC1)CNCCO2. The van der Waals surface area contributed by atoms with Gasteiger partial charge in [-0.15, -0.1) is 0 Å². The monoisotopic (exact) mass is 260 g/mol. The lowest BCUT2D eigenvalue weighted by molar-refractivity contribution is 0.276. The lowest BCUT2D eigenvalue weighted by atomic mass is 10.1. The summed E-state index contributed by atoms with van der Waals surface area (Å²) in [6.45, 7) is 6.25. The third-order valence-corrected chi connectivity index (χ3v) is 4.08. The molecule has 19 heavy (non-hydrogen) atoms. The molecule has 0 aliphatic carbocycles. The molecule has 0 spiro atoms. The average Bonchev–Trinajstić information content (AvgIpc) is 2.80. The van der Waals surface area contributed by atoms with Crippen molar-refractivity contribution in [2.75, 3.05) is 26.2 Å². The number of benzene rings is 1. The largest absolute Gasteiger partial charge is 0.492 e. The van der Waals surface area contributed by atoms with Crippen molar-refractivity contribution in [1.29, 1.82) is 0 Å². The molecule has 2 heterocycles. The Kier molecular flexibility index (Phi) is 4.36. The Morgan fingerprint density at radius 2 is 1.95 bits per heavy atom. The predicted molar refractivity (Wildman–Crippen MR) is 77.4 cm³/mol. The first kappa shape index (κ1) is 12.9. The fourth-order valence-corrected chi connectivity index (χ4v) is 3.02. The predicted octanol–water partition coefficient (Wildman–Crippen LogP) is 2.54. The van der Waals surface area contributed by atoms with Crippen LogP contribution in [0.25, 0.3) is 0 Å². The van der Waals surface area contributed by atoms with E-state index in [0.29, 0.717) is 0 Å². The molecule has 0 aromatic heterocycles. The smallest absolute Gasteiger partial charge is 0.123 e. The summed E-state index contributed by atoms with van der Waals surface area (Å²) in [5.74, 6) is 1.06. The first-order valence-electron chi connectivity index (χ1n) is 7.59. The van der Waals surface area contributed by atoms with E-state index in [0.717, 1.165) is 32.0 Å². The van der Waals surface area contributed by atoms with Gasteiger partial charge in [0.1, 0.15) is 12.4 Å². The average molecular weight is 260 g/mol. The number of likely N-dealkylation sites (tertiary alicyclic amines) is 1. The van der Waals surface area contributed by atoms with Gasteiger partial charge < -0.3 is 10.1 Å². The van der Waals surface area contributed by atoms with Crippen molar-refractivity contribution in [3.05, 3.63) is 29.3 Å². The molecule has 2 aliphatic rings. The van der Waals surface area contributed by atoms with Crippen molar-refractivity contribution in [3.63, 3.8) is 0 Å². The zero-order chi connectivity index (χ0) is 12.9. The quantitative estimate of drug-likeness (QED) is 0.884. The number of hydrogen-bond donors (Lipinski definition) is 1. The number of hydrogen-bond acceptors (Lipinski definition) is 3. The van der Waals surface area contributed by atoms with E-state index >= 15 is 0 Å². The molecule has 1 aromatic rings. The molecule has 3 nitrogen and oxygen atoms in total. The van der Waals surface area contributed by atoms with Gasteiger partial charge in [0.2, 0.25) is 0 Å². The maximum Gasteiger partial charge on any atom is 0.123 e. The van der Waals surface area contributed by atoms with E-state index in [4.69, 9.17) is 4.74 Å². The van der Waals surface area contributed by atoms with E-state index in [1.807, 2.05) is 0 Å². The standard InChI is InChI=1S/C16H24N2O/c1-2-4-9-18(8-3-1)13-14-5-6-16-15(11-14)12-17-7-10-19-16/h5-6,11,17H,1-4,7-10,12-13H2. The molecule has 0 atom stereocenters. The van der Waals surface area contributed by atoms with Crippen LogP contribution in [0.4, 0.5) is 0 Å². The Labute approximate surface area is 115 Å². The number of nitrogens with zero attached hydrogens (tertiary/aromatic N) is 1. The fourth-order valence-electron chi connectivity index (χ4n) is 3.02. The molecule has 0 saturated carbocycles. The van der Waals surface area contributed by atoms with E-state index in [2.05, 4.69) is 28.4 Å². The summed E-state index contributed by atoms with van der Waals surface area (Å²) < 4.78 is 5.74. The van der Waals surface area contributed by atoms with Crippen LogP contribution in [0.5, 0.6) is 5.75 Å². The van der Waals surface area contributed by atoms with Gasteiger partial charge in [0.05, 0.1) is 0 Å². The maximum atomic E-state index is 5.74. The minimum absolute atomic E-state index is 0.776. The van der Waals surface area contributed by atoms with Crippen LogP contribution in [0.3, 0.4) is 0 Å². The highest BCUT2D eigenvalue weighted by Gasteiger charge is 2.12. The van der Waals surface area contributed by atoms with Gasteiger partial charge in [-0.2, -0.15) is 0 Å². The van der Waals surface area contributed by atoms with Crippen LogP contribution in [-0.4, -0.2) is 31.1 Å². The minimum atomic E-state index is 0.776. The highest BCUT2D eigenvalue weighted by atomic mass is 16.5. The molecule has 1 saturated heterocycles. The van der Waals surface area contributed by atoms with Crippen LogP contribution in [0, 0.1) is 0 Å². The summed E-state index contributed by atoms with van der Waals surface area (Å²) in [7, 11) is 0. The third-order valence-electron chi connectivity index (χ3n) is 4.08. The van der Waals surface area contributed by atoms with Crippen molar-refractivity contribution in [3.8, 4) is 5.75 Å². The molecule has 2 aliphatic heterocycles. The first-order valence-corrected chi connectivity index (χ1v) is 7.59. The van der Waals surface area contributed by atoms with E-state index in [1.54, 1.807) is 0 Å². The van der Waals surface area contributed by atoms with Crippen molar-refractivity contribution >= 4 is 0 Å². The normalized spacial score (nSPS) is 21.1. The van der Waals surface area contributed by atoms with Gasteiger partial charge in [-0.3, -0.25) is 4.90 Å². The van der Waals surface area contributed by atoms with Crippen molar-refractivity contribution in [2.45, 2.75) is 38.8 Å². The van der Waals surface area contributed by atoms with Crippen molar-refractivity contribution < 1.29 is 4.74 Å². The molecule has 0 amide bonds. The summed E-state index contributed by atoms with van der Waals surface area (Å²) in [4.78, 5) is 2.60. The summed E-state index contributed by atoms with van der Waals surface area (Å²) in [6, 6.07) is 6.70. The molecule has 1 N–H and O–H groups in total. The lowest BCUT2D eigenvalue weighted by Crippen LogP contribution is -2.24. The summed E-state index contributed by atoms with van der Waals surface area (Å²) in [5, 5.41) is 3.41. The number of ether oxygens (including phenoxy) is 1. The van der Waals surface area contributed by atoms with Gasteiger partial charge in [-0.05, 0) is 43.6 Å². The molecule has 1 aromatic carbocycles. The second kappa shape index (κ2) is 6.40. The van der Waals surface area contributed by atoms with Gasteiger partial charge >= 0.3 is 0 Å². The Hall–Kier alpha value is -1.06. The summed E-state index contributed by atoms with van der Waals surface area (Å²) >= 11 is 0. The molecular formula is C16H24N2O. The molecule has 104 valence electrons. The fraction of sp³-hybridized carbons (Fsp3) is 0.625. The molecule has 1 fully saturated rings. The van der Waals surface area contributed by atoms with Crippen molar-refractivity contribution in [2.24, 2.45) is 0 Å². The van der Waals surface area contributed by atoms with Gasteiger partial charge in [-0.25, -0.2) is 0 Å². The molecule has 3 rings (SSSR count). The van der Waals surface area contributed by atoms with E-state index in [-0.39, 0.29) is 0 Å². The van der Waals surface area contributed by atoms with E-state index < -0.39 is 0 Å². The van der Waals surface area contributed by atoms with Crippen LogP contribution in [0.2, 0.25) is 0 Å². The van der Waals surface area contributed by atoms with E-state index in [1.165, 1.54) is 49.9 Å². The van der Waals surface area contributed by atoms with Gasteiger partial charge in [0.25, 0.3) is 0 Å². The van der Waals surface area contributed by atoms with Crippen LogP contribution >= 0.6 is 0 Å². The van der Waals surface area contributed by atoms with Gasteiger partial charge in [0, 0.05) is 25.2 Å². The van der Waals surface area contributed by atoms with Crippen LogP contribution in [0.15, 0.2) is 18.2 Å². The molecule has 3 heteroatoms. The Bertz CT molecular complexity index is 411. The zero-order valence-electron chi connectivity index (χ0n) is 11.7. The zero-order valence-corrected chi connectivity index (χ0v) is 11.7. The number of fused-ring (bicyclic) bond motifs is 1. The Balaban J connectivity index is 1.68. The minimum Gasteiger partial charge on any atom is -0.492 e. The van der Waals surface area contributed by atoms with E-state index in [9.17, 15) is 0 Å². The highest BCUT2D eigenvalue weighted by Crippen LogP contribution is 2.23. The Morgan fingerprint density at radius 3 is 2.79 bits per heavy atom. The first-order chi connectivity index (χ1) is 9.42. The van der Waals surface area contributed by atoms with Gasteiger partial charge in [0.15, 0.2) is 0 Å². The second-order valence-corrected chi connectivity index (χ2v) is 5.66. The van der Waals surface area contributed by atoms with Gasteiger partial charge in [-0.1, -0.05) is 18.9 Å². The molecule has 0 unspecified atom stereocenters. The topological polar surface area (TPSA) is 24.5 Å². The van der Waals surface area contributed by atoms with Crippen LogP contribution in [0.1, 0.15) is 36.8 Å². The van der Waals surface area contributed by atoms with Crippen LogP contribution in [-0.2, 0) is 13.1 Å².